The molecule has 15 atom stereocenters. The second kappa shape index (κ2) is 26.6. The van der Waals surface area contributed by atoms with E-state index in [1.807, 2.05) is 58.1 Å². The van der Waals surface area contributed by atoms with E-state index in [0.717, 1.165) is 23.9 Å². The van der Waals surface area contributed by atoms with Crippen LogP contribution in [0.4, 0.5) is 0 Å². The molecular formula is C51H78N2O13S. The molecular weight excluding hydrogens is 881 g/mol. The number of hydrogen-bond donors (Lipinski definition) is 2. The number of hydrogen-bond acceptors (Lipinski definition) is 15. The molecule has 67 heavy (non-hydrogen) atoms. The maximum Gasteiger partial charge on any atom is 0.329 e. The monoisotopic (exact) mass is 959 g/mol. The molecule has 2 saturated heterocycles. The van der Waals surface area contributed by atoms with Crippen LogP contribution in [0.2, 0.25) is 0 Å². The number of amides is 1. The first kappa shape index (κ1) is 56.2. The van der Waals surface area contributed by atoms with Crippen LogP contribution >= 0.6 is 11.9 Å². The lowest BCUT2D eigenvalue weighted by Gasteiger charge is -2.42. The van der Waals surface area contributed by atoms with Crippen molar-refractivity contribution in [3.8, 4) is 0 Å². The van der Waals surface area contributed by atoms with Gasteiger partial charge in [-0.2, -0.15) is 0 Å². The van der Waals surface area contributed by atoms with Crippen molar-refractivity contribution < 1.29 is 57.9 Å². The van der Waals surface area contributed by atoms with Crippen LogP contribution in [0.15, 0.2) is 52.2 Å². The van der Waals surface area contributed by atoms with E-state index in [1.165, 1.54) is 12.0 Å². The summed E-state index contributed by atoms with van der Waals surface area (Å²) >= 11 is 0.974. The lowest BCUT2D eigenvalue weighted by atomic mass is 9.79. The second-order valence-electron chi connectivity index (χ2n) is 19.7. The maximum absolute atomic E-state index is 14.4. The first-order valence-electron chi connectivity index (χ1n) is 24.3. The van der Waals surface area contributed by atoms with Crippen molar-refractivity contribution in [2.24, 2.45) is 40.1 Å². The van der Waals surface area contributed by atoms with Crippen LogP contribution in [0.5, 0.6) is 0 Å². The Balaban J connectivity index is 1.70. The van der Waals surface area contributed by atoms with E-state index < -0.39 is 77.8 Å². The van der Waals surface area contributed by atoms with E-state index >= 15 is 0 Å². The number of cyclic esters (lactones) is 1. The quantitative estimate of drug-likeness (QED) is 0.0791. The predicted molar refractivity (Wildman–Crippen MR) is 256 cm³/mol. The van der Waals surface area contributed by atoms with E-state index in [-0.39, 0.29) is 60.1 Å². The highest BCUT2D eigenvalue weighted by Crippen LogP contribution is 2.39. The first-order valence-corrected chi connectivity index (χ1v) is 25.1. The Labute approximate surface area is 402 Å². The molecule has 3 fully saturated rings. The van der Waals surface area contributed by atoms with Gasteiger partial charge in [-0.3, -0.25) is 19.2 Å². The molecule has 0 spiro atoms. The summed E-state index contributed by atoms with van der Waals surface area (Å²) in [6, 6.07) is -1.15. The molecule has 0 radical (unpaired) electrons. The fraction of sp³-hybridized carbons (Fsp3) is 0.745. The standard InChI is InChI=1S/C51H78N2O13S/c1-30-16-12-11-13-17-31(2)41(62-8)28-38-21-19-36(7)51(60,66-38)48(57)49(58)53-23-15-14-18-39(53)50(59)65-42(33(4)26-37-20-22-44(67-52-61)43(27-37)63-9)29-40(54)32(3)25-35(6)46(56)47(64-10)45(55)34(5)24-30/h11-13,16-17,25,30,32-34,36-39,41-44,46-47,56,60H,14-15,18-24,26-29H2,1-10H3/b13-11+,16-12+,31-17+,35-25+/t30-,32-,33-,34-,36-,37+,38+,39+,41+,42?,43-,44?,46-,47+,51-/m1/s1. The smallest absolute Gasteiger partial charge is 0.329 e. The number of ether oxygens (including phenoxy) is 5. The van der Waals surface area contributed by atoms with E-state index in [9.17, 15) is 39.1 Å². The van der Waals surface area contributed by atoms with Gasteiger partial charge in [0.25, 0.3) is 11.7 Å². The zero-order chi connectivity index (χ0) is 49.6. The predicted octanol–water partition coefficient (Wildman–Crippen LogP) is 7.60. The number of Topliss-reactive ketones (excluding diaryl/α,β-unsaturated/α-hetero) is 3. The minimum atomic E-state index is -2.44. The van der Waals surface area contributed by atoms with Gasteiger partial charge in [0, 0.05) is 75.0 Å². The molecule has 1 amide bonds. The topological polar surface area (TPSA) is 205 Å². The Bertz CT molecular complexity index is 1830. The minimum absolute atomic E-state index is 0.0138. The summed E-state index contributed by atoms with van der Waals surface area (Å²) in [5.74, 6) is -8.03. The highest BCUT2D eigenvalue weighted by molar-refractivity contribution is 7.98. The number of carbonyl (C=O) groups is 5. The molecule has 2 unspecified atom stereocenters. The third-order valence-electron chi connectivity index (χ3n) is 14.6. The molecule has 4 rings (SSSR count). The summed E-state index contributed by atoms with van der Waals surface area (Å²) in [4.78, 5) is 83.1. The number of carbonyl (C=O) groups excluding carboxylic acids is 5. The van der Waals surface area contributed by atoms with Crippen LogP contribution in [0, 0.1) is 40.4 Å². The molecule has 3 heterocycles. The second-order valence-corrected chi connectivity index (χ2v) is 20.7. The van der Waals surface area contributed by atoms with Crippen molar-refractivity contribution in [3.05, 3.63) is 52.5 Å². The molecule has 16 heteroatoms. The van der Waals surface area contributed by atoms with Crippen LogP contribution in [0.25, 0.3) is 0 Å². The van der Waals surface area contributed by atoms with Gasteiger partial charge in [0.1, 0.15) is 30.1 Å². The number of fused-ring (bicyclic) bond motifs is 3. The number of ketones is 3. The number of piperidine rings is 1. The van der Waals surface area contributed by atoms with Crippen LogP contribution in [-0.4, -0.2) is 126 Å². The number of rotatable bonds is 8. The van der Waals surface area contributed by atoms with Crippen molar-refractivity contribution >= 4 is 41.2 Å². The lowest BCUT2D eigenvalue weighted by Crippen LogP contribution is -2.61. The fourth-order valence-electron chi connectivity index (χ4n) is 10.3. The van der Waals surface area contributed by atoms with Crippen molar-refractivity contribution in [2.75, 3.05) is 27.9 Å². The Morgan fingerprint density at radius 1 is 0.896 bits per heavy atom. The van der Waals surface area contributed by atoms with Crippen molar-refractivity contribution in [1.82, 2.24) is 4.90 Å². The molecule has 1 aliphatic carbocycles. The summed E-state index contributed by atoms with van der Waals surface area (Å²) < 4.78 is 32.6. The van der Waals surface area contributed by atoms with E-state index in [4.69, 9.17) is 23.7 Å². The van der Waals surface area contributed by atoms with Crippen molar-refractivity contribution in [2.45, 2.75) is 179 Å². The number of nitroso groups, excluding NO2 is 1. The van der Waals surface area contributed by atoms with E-state index in [1.54, 1.807) is 41.1 Å². The number of methoxy groups -OCH3 is 3. The minimum Gasteiger partial charge on any atom is -0.460 e. The summed E-state index contributed by atoms with van der Waals surface area (Å²) in [5.41, 5.74) is 1.26. The van der Waals surface area contributed by atoms with Crippen molar-refractivity contribution in [1.29, 1.82) is 0 Å². The van der Waals surface area contributed by atoms with Gasteiger partial charge in [0.2, 0.25) is 5.79 Å². The molecule has 1 saturated carbocycles. The number of allylic oxidation sites excluding steroid dienone is 6. The summed E-state index contributed by atoms with van der Waals surface area (Å²) in [6.07, 6.45) is 12.0. The molecule has 0 aromatic heterocycles. The lowest BCUT2D eigenvalue weighted by molar-refractivity contribution is -0.265. The van der Waals surface area contributed by atoms with Crippen LogP contribution < -0.4 is 0 Å². The van der Waals surface area contributed by atoms with Gasteiger partial charge in [0.15, 0.2) is 5.78 Å². The van der Waals surface area contributed by atoms with Crippen LogP contribution in [-0.2, 0) is 47.7 Å². The Kier molecular flexibility index (Phi) is 22.3. The summed E-state index contributed by atoms with van der Waals surface area (Å²) in [7, 11) is 4.55. The number of aliphatic hydroxyl groups excluding tert-OH is 1. The normalized spacial score (nSPS) is 39.5. The third kappa shape index (κ3) is 15.1. The van der Waals surface area contributed by atoms with Crippen LogP contribution in [0.1, 0.15) is 126 Å². The third-order valence-corrected chi connectivity index (χ3v) is 15.5. The molecule has 0 aromatic carbocycles. The number of nitrogens with zero attached hydrogens (tertiary/aromatic N) is 2. The van der Waals surface area contributed by atoms with Gasteiger partial charge in [-0.15, -0.1) is 4.91 Å². The molecule has 3 aliphatic heterocycles. The number of esters is 1. The largest absolute Gasteiger partial charge is 0.460 e. The highest BCUT2D eigenvalue weighted by atomic mass is 32.2. The van der Waals surface area contributed by atoms with Gasteiger partial charge in [-0.1, -0.05) is 71.1 Å². The van der Waals surface area contributed by atoms with E-state index in [0.29, 0.717) is 63.4 Å². The Hall–Kier alpha value is -3.38. The number of aliphatic hydroxyl groups is 2. The molecule has 0 aromatic rings. The van der Waals surface area contributed by atoms with Gasteiger partial charge in [0.05, 0.1) is 23.6 Å². The summed E-state index contributed by atoms with van der Waals surface area (Å²) in [5, 5.41) is 23.3. The van der Waals surface area contributed by atoms with Gasteiger partial charge in [-0.05, 0) is 107 Å². The van der Waals surface area contributed by atoms with Gasteiger partial charge >= 0.3 is 5.97 Å². The van der Waals surface area contributed by atoms with Crippen molar-refractivity contribution in [3.63, 3.8) is 0 Å². The average molecular weight is 959 g/mol. The fourth-order valence-corrected chi connectivity index (χ4v) is 11.0. The van der Waals surface area contributed by atoms with Gasteiger partial charge < -0.3 is 38.8 Å². The summed E-state index contributed by atoms with van der Waals surface area (Å²) in [6.45, 7) is 12.7. The molecule has 2 bridgehead atoms. The molecule has 2 N–H and O–H groups in total. The maximum atomic E-state index is 14.4. The molecule has 376 valence electrons. The Morgan fingerprint density at radius 3 is 2.30 bits per heavy atom. The van der Waals surface area contributed by atoms with Crippen LogP contribution in [0.3, 0.4) is 0 Å². The average Bonchev–Trinajstić information content (AvgIpc) is 3.30. The SMILES string of the molecule is CO[C@H]1C[C@@H]2CC[C@@H](C)[C@@](O)(O2)C(=O)C(=O)N2CCCC[C@H]2C(=O)OC([C@H](C)C[C@@H]2CCC(SN=O)[C@H](OC)C2)CC(=O)[C@H](C)/C=C(\C)[C@@H](O)[C@@H](OC)C(=O)[C@H](C)C[C@H](C)/C=C/C=C/C=C/1C. The first-order chi connectivity index (χ1) is 31.8. The molecule has 15 nitrogen and oxygen atoms in total. The van der Waals surface area contributed by atoms with E-state index in [2.05, 4.69) is 4.58 Å². The Morgan fingerprint density at radius 2 is 1.63 bits per heavy atom. The van der Waals surface area contributed by atoms with Gasteiger partial charge in [-0.25, -0.2) is 4.79 Å². The molecule has 4 aliphatic rings. The zero-order valence-electron chi connectivity index (χ0n) is 41.4. The zero-order valence-corrected chi connectivity index (χ0v) is 42.2. The highest BCUT2D eigenvalue weighted by Gasteiger charge is 2.53.